The minimum Gasteiger partial charge on any atom is -0.508 e. The molecule has 1 heterocycles. The Kier molecular flexibility index (Phi) is 3.63. The van der Waals surface area contributed by atoms with E-state index in [0.717, 1.165) is 0 Å². The molecular formula is C15H20FNO3. The zero-order valence-electron chi connectivity index (χ0n) is 12.0. The van der Waals surface area contributed by atoms with Crippen LogP contribution in [0.15, 0.2) is 24.3 Å². The van der Waals surface area contributed by atoms with Crippen LogP contribution in [0.1, 0.15) is 32.8 Å². The summed E-state index contributed by atoms with van der Waals surface area (Å²) >= 11 is 0. The second kappa shape index (κ2) is 4.96. The topological polar surface area (TPSA) is 49.8 Å². The summed E-state index contributed by atoms with van der Waals surface area (Å²) in [5.41, 5.74) is -1.83. The monoisotopic (exact) mass is 281 g/mol. The van der Waals surface area contributed by atoms with E-state index in [1.54, 1.807) is 32.9 Å². The molecule has 1 amide bonds. The molecule has 0 spiro atoms. The number of aromatic hydroxyl groups is 1. The fourth-order valence-electron chi connectivity index (χ4n) is 2.28. The first-order valence-corrected chi connectivity index (χ1v) is 6.66. The molecule has 0 bridgehead atoms. The largest absolute Gasteiger partial charge is 0.508 e. The van der Waals surface area contributed by atoms with Crippen LogP contribution < -0.4 is 0 Å². The Balaban J connectivity index is 2.10. The third-order valence-corrected chi connectivity index (χ3v) is 3.23. The molecule has 0 aromatic heterocycles. The number of halogens is 1. The number of benzene rings is 1. The Morgan fingerprint density at radius 3 is 2.75 bits per heavy atom. The second-order valence-corrected chi connectivity index (χ2v) is 6.17. The van der Waals surface area contributed by atoms with Crippen molar-refractivity contribution in [3.8, 4) is 5.75 Å². The first-order chi connectivity index (χ1) is 9.20. The molecule has 20 heavy (non-hydrogen) atoms. The van der Waals surface area contributed by atoms with Crippen LogP contribution in [0.4, 0.5) is 9.18 Å². The van der Waals surface area contributed by atoms with E-state index in [0.29, 0.717) is 12.1 Å². The highest BCUT2D eigenvalue weighted by molar-refractivity contribution is 5.68. The van der Waals surface area contributed by atoms with Gasteiger partial charge in [-0.2, -0.15) is 0 Å². The number of likely N-dealkylation sites (tertiary alicyclic amines) is 1. The number of phenolic OH excluding ortho intramolecular Hbond substituents is 1. The van der Waals surface area contributed by atoms with E-state index >= 15 is 0 Å². The third kappa shape index (κ3) is 3.21. The van der Waals surface area contributed by atoms with E-state index in [-0.39, 0.29) is 18.7 Å². The molecule has 2 rings (SSSR count). The molecule has 0 saturated carbocycles. The second-order valence-electron chi connectivity index (χ2n) is 6.17. The number of hydrogen-bond donors (Lipinski definition) is 1. The maximum atomic E-state index is 14.9. The molecule has 1 unspecified atom stereocenters. The highest BCUT2D eigenvalue weighted by Gasteiger charge is 2.43. The highest BCUT2D eigenvalue weighted by Crippen LogP contribution is 2.37. The van der Waals surface area contributed by atoms with E-state index in [9.17, 15) is 14.3 Å². The highest BCUT2D eigenvalue weighted by atomic mass is 19.1. The maximum absolute atomic E-state index is 14.9. The van der Waals surface area contributed by atoms with Gasteiger partial charge in [0.1, 0.15) is 11.4 Å². The molecule has 5 heteroatoms. The number of amides is 1. The summed E-state index contributed by atoms with van der Waals surface area (Å²) in [7, 11) is 0. The molecule has 1 aliphatic heterocycles. The number of nitrogens with zero attached hydrogens (tertiary/aromatic N) is 1. The van der Waals surface area contributed by atoms with Gasteiger partial charge in [0.15, 0.2) is 5.67 Å². The van der Waals surface area contributed by atoms with Crippen molar-refractivity contribution >= 4 is 6.09 Å². The van der Waals surface area contributed by atoms with Crippen molar-refractivity contribution in [2.45, 2.75) is 38.5 Å². The van der Waals surface area contributed by atoms with Crippen LogP contribution in [-0.2, 0) is 10.4 Å². The molecule has 110 valence electrons. The van der Waals surface area contributed by atoms with Gasteiger partial charge in [0.25, 0.3) is 0 Å². The molecule has 1 fully saturated rings. The zero-order valence-corrected chi connectivity index (χ0v) is 12.0. The lowest BCUT2D eigenvalue weighted by atomic mass is 9.95. The molecular weight excluding hydrogens is 261 g/mol. The normalized spacial score (nSPS) is 22.9. The summed E-state index contributed by atoms with van der Waals surface area (Å²) < 4.78 is 20.2. The van der Waals surface area contributed by atoms with Gasteiger partial charge in [-0.1, -0.05) is 12.1 Å². The molecule has 4 nitrogen and oxygen atoms in total. The van der Waals surface area contributed by atoms with Crippen LogP contribution in [0, 0.1) is 0 Å². The molecule has 1 atom stereocenters. The lowest BCUT2D eigenvalue weighted by Crippen LogP contribution is -2.37. The van der Waals surface area contributed by atoms with Crippen LogP contribution in [-0.4, -0.2) is 34.8 Å². The Hall–Kier alpha value is -1.78. The van der Waals surface area contributed by atoms with Gasteiger partial charge in [-0.05, 0) is 38.5 Å². The SMILES string of the molecule is CC(C)(C)OC(=O)N1CCC(F)(c2cccc(O)c2)C1. The van der Waals surface area contributed by atoms with Gasteiger partial charge in [-0.15, -0.1) is 0 Å². The molecule has 1 aromatic rings. The van der Waals surface area contributed by atoms with Gasteiger partial charge in [-0.3, -0.25) is 0 Å². The van der Waals surface area contributed by atoms with Crippen LogP contribution >= 0.6 is 0 Å². The number of rotatable bonds is 1. The van der Waals surface area contributed by atoms with Crippen LogP contribution in [0.3, 0.4) is 0 Å². The van der Waals surface area contributed by atoms with E-state index in [2.05, 4.69) is 0 Å². The summed E-state index contributed by atoms with van der Waals surface area (Å²) in [6, 6.07) is 6.12. The van der Waals surface area contributed by atoms with Gasteiger partial charge < -0.3 is 14.7 Å². The number of ether oxygens (including phenoxy) is 1. The fourth-order valence-corrected chi connectivity index (χ4v) is 2.28. The van der Waals surface area contributed by atoms with E-state index < -0.39 is 17.4 Å². The van der Waals surface area contributed by atoms with Gasteiger partial charge in [0.2, 0.25) is 0 Å². The van der Waals surface area contributed by atoms with Crippen molar-refractivity contribution in [3.05, 3.63) is 29.8 Å². The molecule has 1 aliphatic rings. The van der Waals surface area contributed by atoms with E-state index in [4.69, 9.17) is 4.74 Å². The number of alkyl halides is 1. The standard InChI is InChI=1S/C15H20FNO3/c1-14(2,3)20-13(19)17-8-7-15(16,10-17)11-5-4-6-12(18)9-11/h4-6,9,18H,7-8,10H2,1-3H3. The number of carbonyl (C=O) groups is 1. The van der Waals surface area contributed by atoms with Crippen LogP contribution in [0.2, 0.25) is 0 Å². The minimum atomic E-state index is -1.63. The summed E-state index contributed by atoms with van der Waals surface area (Å²) in [5.74, 6) is 0.0234. The van der Waals surface area contributed by atoms with Gasteiger partial charge >= 0.3 is 6.09 Å². The van der Waals surface area contributed by atoms with E-state index in [1.165, 1.54) is 17.0 Å². The average molecular weight is 281 g/mol. The predicted molar refractivity (Wildman–Crippen MR) is 73.3 cm³/mol. The summed E-state index contributed by atoms with van der Waals surface area (Å²) in [6.45, 7) is 5.59. The Bertz CT molecular complexity index is 512. The first-order valence-electron chi connectivity index (χ1n) is 6.66. The number of phenols is 1. The smallest absolute Gasteiger partial charge is 0.410 e. The molecule has 1 aromatic carbocycles. The van der Waals surface area contributed by atoms with Crippen molar-refractivity contribution in [1.82, 2.24) is 4.90 Å². The Labute approximate surface area is 118 Å². The fraction of sp³-hybridized carbons (Fsp3) is 0.533. The summed E-state index contributed by atoms with van der Waals surface area (Å²) in [5, 5.41) is 9.44. The van der Waals surface area contributed by atoms with Crippen LogP contribution in [0.5, 0.6) is 5.75 Å². The Morgan fingerprint density at radius 2 is 2.15 bits per heavy atom. The summed E-state index contributed by atoms with van der Waals surface area (Å²) in [6.07, 6.45) is -0.299. The maximum Gasteiger partial charge on any atom is 0.410 e. The van der Waals surface area contributed by atoms with Crippen molar-refractivity contribution in [3.63, 3.8) is 0 Å². The average Bonchev–Trinajstić information content (AvgIpc) is 2.71. The quantitative estimate of drug-likeness (QED) is 0.860. The van der Waals surface area contributed by atoms with Crippen LogP contribution in [0.25, 0.3) is 0 Å². The van der Waals surface area contributed by atoms with Crippen molar-refractivity contribution in [1.29, 1.82) is 0 Å². The lowest BCUT2D eigenvalue weighted by molar-refractivity contribution is 0.0257. The molecule has 0 radical (unpaired) electrons. The molecule has 1 N–H and O–H groups in total. The molecule has 1 saturated heterocycles. The van der Waals surface area contributed by atoms with E-state index in [1.807, 2.05) is 0 Å². The van der Waals surface area contributed by atoms with Gasteiger partial charge in [0, 0.05) is 13.0 Å². The van der Waals surface area contributed by atoms with Gasteiger partial charge in [0.05, 0.1) is 6.54 Å². The van der Waals surface area contributed by atoms with Crippen molar-refractivity contribution < 1.29 is 19.0 Å². The third-order valence-electron chi connectivity index (χ3n) is 3.23. The number of carbonyl (C=O) groups excluding carboxylic acids is 1. The zero-order chi connectivity index (χ0) is 15.0. The lowest BCUT2D eigenvalue weighted by Gasteiger charge is -2.25. The number of hydrogen-bond acceptors (Lipinski definition) is 3. The van der Waals surface area contributed by atoms with Gasteiger partial charge in [-0.25, -0.2) is 9.18 Å². The molecule has 0 aliphatic carbocycles. The summed E-state index contributed by atoms with van der Waals surface area (Å²) in [4.78, 5) is 13.3. The van der Waals surface area contributed by atoms with Crippen molar-refractivity contribution in [2.24, 2.45) is 0 Å². The van der Waals surface area contributed by atoms with Crippen molar-refractivity contribution in [2.75, 3.05) is 13.1 Å². The minimum absolute atomic E-state index is 0.0234. The predicted octanol–water partition coefficient (Wildman–Crippen LogP) is 3.20. The first kappa shape index (κ1) is 14.6. The Morgan fingerprint density at radius 1 is 1.45 bits per heavy atom.